The van der Waals surface area contributed by atoms with Crippen molar-refractivity contribution in [2.45, 2.75) is 12.2 Å². The van der Waals surface area contributed by atoms with Gasteiger partial charge in [0, 0.05) is 5.02 Å². The van der Waals surface area contributed by atoms with Crippen LogP contribution in [0.3, 0.4) is 0 Å². The van der Waals surface area contributed by atoms with Crippen LogP contribution in [0.25, 0.3) is 11.1 Å². The zero-order valence-corrected chi connectivity index (χ0v) is 16.9. The van der Waals surface area contributed by atoms with E-state index in [1.807, 2.05) is 31.2 Å². The van der Waals surface area contributed by atoms with Crippen molar-refractivity contribution in [3.63, 3.8) is 0 Å². The standard InChI is InChI=1S/C23H19ClN2OS/c1-15(16-10-12-17(24)13-11-16)25-26-22(27)14-28-23-20-8-4-2-6-18(20)19-7-3-5-9-21(19)23/h2-13,23H,14H2,1H3,(H,26,27)/b25-15-. The van der Waals surface area contributed by atoms with Crippen LogP contribution >= 0.6 is 23.4 Å². The Kier molecular flexibility index (Phi) is 5.51. The Morgan fingerprint density at radius 2 is 1.54 bits per heavy atom. The Morgan fingerprint density at radius 1 is 0.964 bits per heavy atom. The van der Waals surface area contributed by atoms with Crippen molar-refractivity contribution < 1.29 is 4.79 Å². The first-order chi connectivity index (χ1) is 13.6. The Morgan fingerprint density at radius 3 is 2.14 bits per heavy atom. The summed E-state index contributed by atoms with van der Waals surface area (Å²) >= 11 is 7.54. The van der Waals surface area contributed by atoms with E-state index in [-0.39, 0.29) is 11.2 Å². The predicted octanol–water partition coefficient (Wildman–Crippen LogP) is 5.68. The molecule has 1 amide bonds. The van der Waals surface area contributed by atoms with Crippen molar-refractivity contribution in [2.75, 3.05) is 5.75 Å². The molecule has 0 saturated carbocycles. The molecule has 28 heavy (non-hydrogen) atoms. The Hall–Kier alpha value is -2.56. The molecular weight excluding hydrogens is 388 g/mol. The molecule has 0 spiro atoms. The molecule has 4 rings (SSSR count). The SMILES string of the molecule is C/C(=N/NC(=O)CSC1c2ccccc2-c2ccccc21)c1ccc(Cl)cc1. The number of thioether (sulfide) groups is 1. The molecule has 1 aliphatic rings. The highest BCUT2D eigenvalue weighted by atomic mass is 35.5. The zero-order chi connectivity index (χ0) is 19.5. The largest absolute Gasteiger partial charge is 0.272 e. The van der Waals surface area contributed by atoms with Crippen molar-refractivity contribution in [2.24, 2.45) is 5.10 Å². The summed E-state index contributed by atoms with van der Waals surface area (Å²) in [5.41, 5.74) is 9.38. The van der Waals surface area contributed by atoms with Gasteiger partial charge in [0.05, 0.1) is 16.7 Å². The number of hydrogen-bond donors (Lipinski definition) is 1. The summed E-state index contributed by atoms with van der Waals surface area (Å²) in [4.78, 5) is 12.4. The van der Waals surface area contributed by atoms with Crippen LogP contribution in [0.5, 0.6) is 0 Å². The van der Waals surface area contributed by atoms with E-state index in [9.17, 15) is 4.79 Å². The third-order valence-electron chi connectivity index (χ3n) is 4.77. The topological polar surface area (TPSA) is 41.5 Å². The van der Waals surface area contributed by atoms with Gasteiger partial charge in [-0.25, -0.2) is 5.43 Å². The van der Waals surface area contributed by atoms with E-state index in [1.165, 1.54) is 22.3 Å². The quantitative estimate of drug-likeness (QED) is 0.437. The number of hydrazone groups is 1. The summed E-state index contributed by atoms with van der Waals surface area (Å²) < 4.78 is 0. The molecule has 0 fully saturated rings. The van der Waals surface area contributed by atoms with Gasteiger partial charge in [-0.1, -0.05) is 72.3 Å². The lowest BCUT2D eigenvalue weighted by Gasteiger charge is -2.12. The lowest BCUT2D eigenvalue weighted by Crippen LogP contribution is -2.21. The van der Waals surface area contributed by atoms with Crippen LogP contribution in [0, 0.1) is 0 Å². The van der Waals surface area contributed by atoms with E-state index < -0.39 is 0 Å². The molecular formula is C23H19ClN2OS. The van der Waals surface area contributed by atoms with Gasteiger partial charge in [-0.05, 0) is 46.9 Å². The number of carbonyl (C=O) groups excluding carboxylic acids is 1. The molecule has 0 atom stereocenters. The van der Waals surface area contributed by atoms with Crippen molar-refractivity contribution in [3.8, 4) is 11.1 Å². The summed E-state index contributed by atoms with van der Waals surface area (Å²) in [5.74, 6) is 0.227. The highest BCUT2D eigenvalue weighted by Crippen LogP contribution is 2.49. The van der Waals surface area contributed by atoms with Gasteiger partial charge in [0.15, 0.2) is 0 Å². The summed E-state index contributed by atoms with van der Waals surface area (Å²) in [6.45, 7) is 1.86. The molecule has 0 aliphatic heterocycles. The van der Waals surface area contributed by atoms with E-state index in [1.54, 1.807) is 11.8 Å². The van der Waals surface area contributed by atoms with Gasteiger partial charge in [0.25, 0.3) is 0 Å². The van der Waals surface area contributed by atoms with Gasteiger partial charge in [0.1, 0.15) is 0 Å². The molecule has 3 aromatic carbocycles. The summed E-state index contributed by atoms with van der Waals surface area (Å²) in [5, 5.41) is 5.06. The van der Waals surface area contributed by atoms with E-state index in [0.717, 1.165) is 11.3 Å². The second-order valence-corrected chi connectivity index (χ2v) is 8.13. The van der Waals surface area contributed by atoms with Gasteiger partial charge in [-0.15, -0.1) is 11.8 Å². The van der Waals surface area contributed by atoms with Crippen molar-refractivity contribution in [1.82, 2.24) is 5.43 Å². The normalized spacial score (nSPS) is 13.1. The van der Waals surface area contributed by atoms with Crippen LogP contribution in [0.15, 0.2) is 77.9 Å². The molecule has 0 heterocycles. The van der Waals surface area contributed by atoms with Crippen molar-refractivity contribution >= 4 is 35.0 Å². The highest BCUT2D eigenvalue weighted by Gasteiger charge is 2.28. The maximum Gasteiger partial charge on any atom is 0.250 e. The second-order valence-electron chi connectivity index (χ2n) is 6.60. The summed E-state index contributed by atoms with van der Waals surface area (Å²) in [6.07, 6.45) is 0. The highest BCUT2D eigenvalue weighted by molar-refractivity contribution is 8.00. The third kappa shape index (κ3) is 3.84. The van der Waals surface area contributed by atoms with Crippen LogP contribution < -0.4 is 5.43 Å². The fourth-order valence-corrected chi connectivity index (χ4v) is 4.66. The molecule has 140 valence electrons. The van der Waals surface area contributed by atoms with Gasteiger partial charge in [-0.2, -0.15) is 5.10 Å². The van der Waals surface area contributed by atoms with Crippen LogP contribution in [-0.2, 0) is 4.79 Å². The first kappa shape index (κ1) is 18.8. The van der Waals surface area contributed by atoms with Crippen LogP contribution in [0.2, 0.25) is 5.02 Å². The molecule has 0 radical (unpaired) electrons. The smallest absolute Gasteiger partial charge is 0.250 e. The lowest BCUT2D eigenvalue weighted by molar-refractivity contribution is -0.118. The lowest BCUT2D eigenvalue weighted by atomic mass is 10.1. The minimum absolute atomic E-state index is 0.111. The first-order valence-electron chi connectivity index (χ1n) is 9.02. The number of hydrogen-bond acceptors (Lipinski definition) is 3. The van der Waals surface area contributed by atoms with Gasteiger partial charge < -0.3 is 0 Å². The molecule has 0 bridgehead atoms. The summed E-state index contributed by atoms with van der Waals surface area (Å²) in [6, 6.07) is 24.2. The fourth-order valence-electron chi connectivity index (χ4n) is 3.38. The number of nitrogens with zero attached hydrogens (tertiary/aromatic N) is 1. The van der Waals surface area contributed by atoms with E-state index in [0.29, 0.717) is 10.8 Å². The van der Waals surface area contributed by atoms with Gasteiger partial charge in [-0.3, -0.25) is 4.79 Å². The Bertz CT molecular complexity index is 1000. The Balaban J connectivity index is 1.42. The minimum atomic E-state index is -0.111. The van der Waals surface area contributed by atoms with E-state index in [2.05, 4.69) is 59.1 Å². The predicted molar refractivity (Wildman–Crippen MR) is 118 cm³/mol. The monoisotopic (exact) mass is 406 g/mol. The molecule has 3 nitrogen and oxygen atoms in total. The average Bonchev–Trinajstić information content (AvgIpc) is 3.05. The fraction of sp³-hybridized carbons (Fsp3) is 0.130. The second kappa shape index (κ2) is 8.21. The molecule has 0 aromatic heterocycles. The van der Waals surface area contributed by atoms with E-state index >= 15 is 0 Å². The maximum absolute atomic E-state index is 12.4. The molecule has 3 aromatic rings. The third-order valence-corrected chi connectivity index (χ3v) is 6.29. The maximum atomic E-state index is 12.4. The number of fused-ring (bicyclic) bond motifs is 3. The first-order valence-corrected chi connectivity index (χ1v) is 10.4. The number of amides is 1. The summed E-state index contributed by atoms with van der Waals surface area (Å²) in [7, 11) is 0. The number of nitrogens with one attached hydrogen (secondary N) is 1. The molecule has 5 heteroatoms. The van der Waals surface area contributed by atoms with E-state index in [4.69, 9.17) is 11.6 Å². The van der Waals surface area contributed by atoms with Crippen LogP contribution in [-0.4, -0.2) is 17.4 Å². The number of halogens is 1. The number of benzene rings is 3. The average molecular weight is 407 g/mol. The molecule has 1 aliphatic carbocycles. The molecule has 0 unspecified atom stereocenters. The minimum Gasteiger partial charge on any atom is -0.272 e. The van der Waals surface area contributed by atoms with Crippen LogP contribution in [0.1, 0.15) is 28.9 Å². The number of rotatable bonds is 5. The molecule has 1 N–H and O–H groups in total. The van der Waals surface area contributed by atoms with Crippen LogP contribution in [0.4, 0.5) is 0 Å². The number of carbonyl (C=O) groups is 1. The molecule has 0 saturated heterocycles. The zero-order valence-electron chi connectivity index (χ0n) is 15.4. The van der Waals surface area contributed by atoms with Crippen molar-refractivity contribution in [3.05, 3.63) is 94.5 Å². The van der Waals surface area contributed by atoms with Gasteiger partial charge >= 0.3 is 0 Å². The Labute approximate surface area is 173 Å². The van der Waals surface area contributed by atoms with Gasteiger partial charge in [0.2, 0.25) is 5.91 Å². The van der Waals surface area contributed by atoms with Crippen molar-refractivity contribution in [1.29, 1.82) is 0 Å².